The van der Waals surface area contributed by atoms with E-state index in [-0.39, 0.29) is 36.5 Å². The number of aliphatic imine (C=N–C) groups is 1. The van der Waals surface area contributed by atoms with Gasteiger partial charge < -0.3 is 25.4 Å². The largest absolute Gasteiger partial charge is 0.383 e. The number of hydrogen-bond acceptors (Lipinski definition) is 9. The summed E-state index contributed by atoms with van der Waals surface area (Å²) in [6.45, 7) is 10.6. The SMILES string of the molecule is C=CC(=O)N1CCN(C2=NC3=C4CC4C(C)c4cccc5c4N3C3NC(C(F)CC23)C2C(F)CCCC2N2C=C(CCN5)NN2)[C@@H](C)C1. The highest BCUT2D eigenvalue weighted by Gasteiger charge is 2.56. The first-order valence-corrected chi connectivity index (χ1v) is 18.0. The molecule has 6 heterocycles. The third kappa shape index (κ3) is 4.69. The number of piperazine rings is 1. The minimum Gasteiger partial charge on any atom is -0.383 e. The van der Waals surface area contributed by atoms with Crippen molar-refractivity contribution in [2.45, 2.75) is 94.9 Å². The Morgan fingerprint density at radius 3 is 2.83 bits per heavy atom. The number of benzene rings is 1. The fraction of sp³-hybridized carbons (Fsp3) is 0.611. The van der Waals surface area contributed by atoms with Crippen molar-refractivity contribution in [1.82, 2.24) is 31.1 Å². The van der Waals surface area contributed by atoms with Gasteiger partial charge in [0.2, 0.25) is 5.91 Å². The summed E-state index contributed by atoms with van der Waals surface area (Å²) in [6, 6.07) is 5.68. The van der Waals surface area contributed by atoms with E-state index in [1.54, 1.807) is 0 Å². The summed E-state index contributed by atoms with van der Waals surface area (Å²) in [6.07, 6.45) is 4.78. The molecule has 2 saturated heterocycles. The third-order valence-corrected chi connectivity index (χ3v) is 12.5. The molecule has 1 amide bonds. The zero-order valence-corrected chi connectivity index (χ0v) is 27.8. The predicted molar refractivity (Wildman–Crippen MR) is 182 cm³/mol. The lowest BCUT2D eigenvalue weighted by Crippen LogP contribution is -2.70. The average Bonchev–Trinajstić information content (AvgIpc) is 3.77. The number of fused-ring (bicyclic) bond motifs is 6. The quantitative estimate of drug-likeness (QED) is 0.336. The van der Waals surface area contributed by atoms with Gasteiger partial charge in [-0.15, -0.1) is 5.53 Å². The number of carbonyl (C=O) groups is 1. The van der Waals surface area contributed by atoms with E-state index in [2.05, 4.69) is 76.2 Å². The summed E-state index contributed by atoms with van der Waals surface area (Å²) in [7, 11) is 0. The maximum atomic E-state index is 17.0. The third-order valence-electron chi connectivity index (χ3n) is 12.5. The number of hydrazine groups is 2. The summed E-state index contributed by atoms with van der Waals surface area (Å²) in [4.78, 5) is 24.6. The minimum atomic E-state index is -1.26. The maximum Gasteiger partial charge on any atom is 0.246 e. The zero-order valence-electron chi connectivity index (χ0n) is 27.8. The lowest BCUT2D eigenvalue weighted by Gasteiger charge is -2.55. The number of hydrogen-bond donors (Lipinski definition) is 4. The van der Waals surface area contributed by atoms with E-state index in [1.165, 1.54) is 17.2 Å². The molecule has 2 saturated carbocycles. The van der Waals surface area contributed by atoms with Crippen LogP contribution in [0.1, 0.15) is 63.9 Å². The van der Waals surface area contributed by atoms with Crippen LogP contribution in [0.3, 0.4) is 0 Å². The van der Waals surface area contributed by atoms with Gasteiger partial charge in [0.15, 0.2) is 0 Å². The molecule has 2 aliphatic carbocycles. The minimum absolute atomic E-state index is 0.00438. The first-order valence-electron chi connectivity index (χ1n) is 18.0. The van der Waals surface area contributed by atoms with Crippen molar-refractivity contribution in [3.8, 4) is 0 Å². The molecule has 48 heavy (non-hydrogen) atoms. The molecule has 10 nitrogen and oxygen atoms in total. The fourth-order valence-corrected chi connectivity index (χ4v) is 9.96. The van der Waals surface area contributed by atoms with E-state index >= 15 is 8.78 Å². The molecule has 9 unspecified atom stereocenters. The molecule has 1 aromatic carbocycles. The molecule has 256 valence electrons. The second kappa shape index (κ2) is 11.5. The van der Waals surface area contributed by atoms with Crippen molar-refractivity contribution in [1.29, 1.82) is 0 Å². The Labute approximate surface area is 281 Å². The predicted octanol–water partition coefficient (Wildman–Crippen LogP) is 4.10. The Morgan fingerprint density at radius 2 is 2.00 bits per heavy atom. The Kier molecular flexibility index (Phi) is 7.27. The van der Waals surface area contributed by atoms with Crippen LogP contribution in [0.15, 0.2) is 59.1 Å². The molecule has 4 bridgehead atoms. The van der Waals surface area contributed by atoms with E-state index in [0.717, 1.165) is 61.0 Å². The normalized spacial score (nSPS) is 38.3. The van der Waals surface area contributed by atoms with Crippen LogP contribution >= 0.6 is 0 Å². The van der Waals surface area contributed by atoms with Gasteiger partial charge in [-0.2, -0.15) is 0 Å². The van der Waals surface area contributed by atoms with Crippen molar-refractivity contribution in [2.75, 3.05) is 36.4 Å². The lowest BCUT2D eigenvalue weighted by atomic mass is 9.72. The molecule has 12 heteroatoms. The van der Waals surface area contributed by atoms with Crippen LogP contribution in [0.4, 0.5) is 20.2 Å². The summed E-state index contributed by atoms with van der Waals surface area (Å²) in [5, 5.41) is 9.62. The average molecular weight is 660 g/mol. The number of anilines is 2. The Balaban J connectivity index is 1.19. The number of nitrogens with zero attached hydrogens (tertiary/aromatic N) is 5. The van der Waals surface area contributed by atoms with E-state index < -0.39 is 24.3 Å². The second-order valence-electron chi connectivity index (χ2n) is 15.1. The number of para-hydroxylation sites is 1. The standard InChI is InChI=1S/C36H47F2N9O/c1-4-30(48)44-13-14-45(19(2)17-44)34-25-16-27(38)32-31-26(37)8-6-10-29(31)46-18-21(42-43-46)11-12-39-28-9-5-7-22-20(3)23-15-24(23)35(41-34)47(33(22)28)36(25)40-32/h4-5,7,9,18-20,23,25-27,29,31-32,36,39-40,42-43H,1,6,8,10-17H2,2-3H3/t19-,20?,23?,25?,26?,27?,29?,31?,32?,36?/m0/s1. The maximum absolute atomic E-state index is 17.0. The molecule has 1 aromatic rings. The molecule has 6 aliphatic heterocycles. The van der Waals surface area contributed by atoms with Crippen molar-refractivity contribution in [3.63, 3.8) is 0 Å². The summed E-state index contributed by atoms with van der Waals surface area (Å²) in [5.74, 6) is 1.72. The van der Waals surface area contributed by atoms with Crippen LogP contribution in [0, 0.1) is 17.8 Å². The highest BCUT2D eigenvalue weighted by molar-refractivity contribution is 5.92. The molecular weight excluding hydrogens is 612 g/mol. The smallest absolute Gasteiger partial charge is 0.246 e. The van der Waals surface area contributed by atoms with Gasteiger partial charge in [-0.1, -0.05) is 25.6 Å². The Hall–Kier alpha value is -3.64. The topological polar surface area (TPSA) is 90.5 Å². The first-order chi connectivity index (χ1) is 23.3. The zero-order chi connectivity index (χ0) is 32.8. The number of amides is 1. The van der Waals surface area contributed by atoms with Crippen LogP contribution < -0.4 is 26.5 Å². The number of rotatable bonds is 1. The number of nitrogens with one attached hydrogen (secondary N) is 4. The van der Waals surface area contributed by atoms with Gasteiger partial charge in [-0.05, 0) is 74.1 Å². The van der Waals surface area contributed by atoms with Gasteiger partial charge >= 0.3 is 0 Å². The number of carbonyl (C=O) groups excluding carboxylic acids is 1. The van der Waals surface area contributed by atoms with E-state index in [1.807, 2.05) is 9.91 Å². The Bertz CT molecular complexity index is 1610. The van der Waals surface area contributed by atoms with Gasteiger partial charge in [0.1, 0.15) is 24.0 Å². The van der Waals surface area contributed by atoms with Gasteiger partial charge in [0.25, 0.3) is 0 Å². The lowest BCUT2D eigenvalue weighted by molar-refractivity contribution is -0.128. The van der Waals surface area contributed by atoms with Gasteiger partial charge in [-0.25, -0.2) is 13.8 Å². The number of amidine groups is 1. The van der Waals surface area contributed by atoms with Crippen molar-refractivity contribution in [2.24, 2.45) is 22.7 Å². The second-order valence-corrected chi connectivity index (χ2v) is 15.1. The number of alkyl halides is 2. The Morgan fingerprint density at radius 1 is 1.12 bits per heavy atom. The molecule has 4 fully saturated rings. The molecule has 0 radical (unpaired) electrons. The van der Waals surface area contributed by atoms with Crippen molar-refractivity contribution < 1.29 is 13.6 Å². The van der Waals surface area contributed by atoms with Crippen molar-refractivity contribution >= 4 is 23.1 Å². The highest BCUT2D eigenvalue weighted by Crippen LogP contribution is 2.58. The van der Waals surface area contributed by atoms with E-state index in [9.17, 15) is 4.79 Å². The molecule has 0 aromatic heterocycles. The van der Waals surface area contributed by atoms with Crippen LogP contribution in [-0.4, -0.2) is 89.4 Å². The van der Waals surface area contributed by atoms with Crippen LogP contribution in [0.5, 0.6) is 0 Å². The summed E-state index contributed by atoms with van der Waals surface area (Å²) >= 11 is 0. The van der Waals surface area contributed by atoms with Gasteiger partial charge in [0.05, 0.1) is 29.5 Å². The molecular formula is C36H47F2N9O. The number of allylic oxidation sites excluding steroid dienone is 1. The monoisotopic (exact) mass is 659 g/mol. The molecule has 0 spiro atoms. The summed E-state index contributed by atoms with van der Waals surface area (Å²) in [5.41, 5.74) is 12.4. The van der Waals surface area contributed by atoms with E-state index in [4.69, 9.17) is 4.99 Å². The molecule has 4 N–H and O–H groups in total. The van der Waals surface area contributed by atoms with Crippen LogP contribution in [0.25, 0.3) is 0 Å². The van der Waals surface area contributed by atoms with Gasteiger partial charge in [-0.3, -0.25) is 15.1 Å². The fourth-order valence-electron chi connectivity index (χ4n) is 9.96. The molecule has 8 aliphatic rings. The first kappa shape index (κ1) is 30.4. The van der Waals surface area contributed by atoms with Crippen LogP contribution in [-0.2, 0) is 4.79 Å². The van der Waals surface area contributed by atoms with Crippen LogP contribution in [0.2, 0.25) is 0 Å². The number of halogens is 2. The van der Waals surface area contributed by atoms with Gasteiger partial charge in [0, 0.05) is 62.5 Å². The molecule has 10 atom stereocenters. The van der Waals surface area contributed by atoms with E-state index in [0.29, 0.717) is 37.9 Å². The highest BCUT2D eigenvalue weighted by atomic mass is 19.1. The molecule has 9 rings (SSSR count). The number of piperidine rings is 1. The summed E-state index contributed by atoms with van der Waals surface area (Å²) < 4.78 is 33.3. The van der Waals surface area contributed by atoms with Crippen molar-refractivity contribution in [3.05, 3.63) is 59.7 Å².